The molecule has 1 aromatic heterocycles. The van der Waals surface area contributed by atoms with Crippen molar-refractivity contribution in [3.63, 3.8) is 0 Å². The van der Waals surface area contributed by atoms with Crippen molar-refractivity contribution in [1.82, 2.24) is 10.3 Å². The number of hydrogen-bond acceptors (Lipinski definition) is 4. The van der Waals surface area contributed by atoms with E-state index in [-0.39, 0.29) is 11.5 Å². The lowest BCUT2D eigenvalue weighted by molar-refractivity contribution is 0.578. The summed E-state index contributed by atoms with van der Waals surface area (Å²) in [5, 5.41) is 13.5. The first kappa shape index (κ1) is 15.7. The fourth-order valence-electron chi connectivity index (χ4n) is 1.95. The molecule has 1 atom stereocenters. The molecule has 0 aliphatic heterocycles. The topological polar surface area (TPSA) is 48.7 Å². The first-order valence-corrected chi connectivity index (χ1v) is 7.90. The molecule has 0 aliphatic rings. The van der Waals surface area contributed by atoms with Gasteiger partial charge in [0.1, 0.15) is 0 Å². The minimum absolute atomic E-state index is 0.113. The fourth-order valence-corrected chi connectivity index (χ4v) is 2.87. The van der Waals surface area contributed by atoms with Crippen LogP contribution in [0, 0.1) is 11.3 Å². The van der Waals surface area contributed by atoms with Gasteiger partial charge in [0.05, 0.1) is 16.6 Å². The van der Waals surface area contributed by atoms with Crippen molar-refractivity contribution in [3.05, 3.63) is 51.5 Å². The molecule has 0 saturated heterocycles. The molecule has 0 fully saturated rings. The Morgan fingerprint density at radius 3 is 2.48 bits per heavy atom. The average Bonchev–Trinajstić information content (AvgIpc) is 2.94. The third-order valence-corrected chi connectivity index (χ3v) is 4.74. The van der Waals surface area contributed by atoms with Gasteiger partial charge in [-0.15, -0.1) is 11.3 Å². The summed E-state index contributed by atoms with van der Waals surface area (Å²) in [6, 6.07) is 10.1. The lowest BCUT2D eigenvalue weighted by Crippen LogP contribution is -2.17. The van der Waals surface area contributed by atoms with E-state index in [4.69, 9.17) is 5.26 Å². The SMILES string of the molecule is CC(NCc1cnc(C(C)(C)C)s1)c1ccc(C#N)cc1. The number of benzene rings is 1. The molecule has 1 heterocycles. The van der Waals surface area contributed by atoms with Crippen molar-refractivity contribution >= 4 is 11.3 Å². The third-order valence-electron chi connectivity index (χ3n) is 3.32. The Kier molecular flexibility index (Phi) is 4.76. The van der Waals surface area contributed by atoms with Crippen LogP contribution in [0.5, 0.6) is 0 Å². The van der Waals surface area contributed by atoms with E-state index in [0.29, 0.717) is 5.56 Å². The fraction of sp³-hybridized carbons (Fsp3) is 0.412. The standard InChI is InChI=1S/C17H21N3S/c1-12(14-7-5-13(9-18)6-8-14)19-10-15-11-20-16(21-15)17(2,3)4/h5-8,11-12,19H,10H2,1-4H3. The highest BCUT2D eigenvalue weighted by molar-refractivity contribution is 7.11. The largest absolute Gasteiger partial charge is 0.305 e. The maximum Gasteiger partial charge on any atom is 0.0991 e. The van der Waals surface area contributed by atoms with Gasteiger partial charge in [-0.1, -0.05) is 32.9 Å². The van der Waals surface area contributed by atoms with Crippen LogP contribution >= 0.6 is 11.3 Å². The highest BCUT2D eigenvalue weighted by Gasteiger charge is 2.18. The zero-order chi connectivity index (χ0) is 15.5. The minimum atomic E-state index is 0.113. The Bertz CT molecular complexity index is 629. The van der Waals surface area contributed by atoms with Gasteiger partial charge in [-0.3, -0.25) is 0 Å². The van der Waals surface area contributed by atoms with Crippen molar-refractivity contribution in [2.45, 2.75) is 45.7 Å². The predicted molar refractivity (Wildman–Crippen MR) is 87.2 cm³/mol. The maximum atomic E-state index is 8.82. The monoisotopic (exact) mass is 299 g/mol. The molecule has 2 aromatic rings. The average molecular weight is 299 g/mol. The lowest BCUT2D eigenvalue weighted by Gasteiger charge is -2.14. The second-order valence-corrected chi connectivity index (χ2v) is 7.33. The Labute approximate surface area is 130 Å². The lowest BCUT2D eigenvalue weighted by atomic mass is 9.98. The number of nitrogens with one attached hydrogen (secondary N) is 1. The quantitative estimate of drug-likeness (QED) is 0.922. The van der Waals surface area contributed by atoms with Gasteiger partial charge in [-0.25, -0.2) is 4.98 Å². The van der Waals surface area contributed by atoms with Gasteiger partial charge < -0.3 is 5.32 Å². The molecule has 2 rings (SSSR count). The molecule has 0 radical (unpaired) electrons. The molecule has 21 heavy (non-hydrogen) atoms. The van der Waals surface area contributed by atoms with Gasteiger partial charge in [-0.2, -0.15) is 5.26 Å². The molecule has 1 aromatic carbocycles. The summed E-state index contributed by atoms with van der Waals surface area (Å²) < 4.78 is 0. The minimum Gasteiger partial charge on any atom is -0.305 e. The van der Waals surface area contributed by atoms with Crippen LogP contribution in [0.2, 0.25) is 0 Å². The second-order valence-electron chi connectivity index (χ2n) is 6.22. The molecule has 0 bridgehead atoms. The summed E-state index contributed by atoms with van der Waals surface area (Å²) in [4.78, 5) is 5.75. The van der Waals surface area contributed by atoms with Gasteiger partial charge in [0.15, 0.2) is 0 Å². The molecular weight excluding hydrogens is 278 g/mol. The van der Waals surface area contributed by atoms with Crippen LogP contribution in [-0.4, -0.2) is 4.98 Å². The highest BCUT2D eigenvalue weighted by Crippen LogP contribution is 2.27. The van der Waals surface area contributed by atoms with Crippen molar-refractivity contribution in [1.29, 1.82) is 5.26 Å². The zero-order valence-corrected chi connectivity index (χ0v) is 13.8. The van der Waals surface area contributed by atoms with Gasteiger partial charge >= 0.3 is 0 Å². The summed E-state index contributed by atoms with van der Waals surface area (Å²) in [6.07, 6.45) is 1.96. The summed E-state index contributed by atoms with van der Waals surface area (Å²) in [5.74, 6) is 0. The highest BCUT2D eigenvalue weighted by atomic mass is 32.1. The Morgan fingerprint density at radius 1 is 1.29 bits per heavy atom. The normalized spacial score (nSPS) is 12.9. The van der Waals surface area contributed by atoms with Gasteiger partial charge in [0, 0.05) is 29.1 Å². The van der Waals surface area contributed by atoms with E-state index in [1.807, 2.05) is 30.5 Å². The Morgan fingerprint density at radius 2 is 1.95 bits per heavy atom. The van der Waals surface area contributed by atoms with Gasteiger partial charge in [0.2, 0.25) is 0 Å². The molecule has 1 unspecified atom stereocenters. The molecule has 3 nitrogen and oxygen atoms in total. The van der Waals surface area contributed by atoms with E-state index in [1.165, 1.54) is 15.4 Å². The number of rotatable bonds is 4. The van der Waals surface area contributed by atoms with Gasteiger partial charge in [-0.05, 0) is 24.6 Å². The Balaban J connectivity index is 1.96. The zero-order valence-electron chi connectivity index (χ0n) is 13.0. The molecular formula is C17H21N3S. The predicted octanol–water partition coefficient (Wildman–Crippen LogP) is 4.16. The van der Waals surface area contributed by atoms with Gasteiger partial charge in [0.25, 0.3) is 0 Å². The van der Waals surface area contributed by atoms with E-state index in [2.05, 4.69) is 44.1 Å². The molecule has 0 spiro atoms. The third kappa shape index (κ3) is 4.13. The molecule has 0 amide bonds. The van der Waals surface area contributed by atoms with E-state index in [9.17, 15) is 0 Å². The van der Waals surface area contributed by atoms with Crippen LogP contribution in [-0.2, 0) is 12.0 Å². The van der Waals surface area contributed by atoms with Crippen molar-refractivity contribution in [3.8, 4) is 6.07 Å². The first-order chi connectivity index (χ1) is 9.90. The van der Waals surface area contributed by atoms with Crippen LogP contribution in [0.4, 0.5) is 0 Å². The van der Waals surface area contributed by atoms with E-state index < -0.39 is 0 Å². The van der Waals surface area contributed by atoms with Crippen LogP contribution in [0.15, 0.2) is 30.5 Å². The number of thiazole rings is 1. The molecule has 0 aliphatic carbocycles. The number of nitriles is 1. The summed E-state index contributed by atoms with van der Waals surface area (Å²) in [7, 11) is 0. The second kappa shape index (κ2) is 6.38. The molecule has 1 N–H and O–H groups in total. The summed E-state index contributed by atoms with van der Waals surface area (Å²) in [5.41, 5.74) is 2.00. The number of hydrogen-bond donors (Lipinski definition) is 1. The summed E-state index contributed by atoms with van der Waals surface area (Å²) in [6.45, 7) is 9.50. The molecule has 110 valence electrons. The van der Waals surface area contributed by atoms with Crippen LogP contribution < -0.4 is 5.32 Å². The number of nitrogens with zero attached hydrogens (tertiary/aromatic N) is 2. The van der Waals surface area contributed by atoms with Crippen molar-refractivity contribution in [2.24, 2.45) is 0 Å². The van der Waals surface area contributed by atoms with E-state index in [0.717, 1.165) is 6.54 Å². The van der Waals surface area contributed by atoms with Crippen LogP contribution in [0.1, 0.15) is 54.7 Å². The molecule has 4 heteroatoms. The number of aromatic nitrogens is 1. The maximum absolute atomic E-state index is 8.82. The van der Waals surface area contributed by atoms with Crippen LogP contribution in [0.3, 0.4) is 0 Å². The van der Waals surface area contributed by atoms with Crippen molar-refractivity contribution < 1.29 is 0 Å². The van der Waals surface area contributed by atoms with E-state index in [1.54, 1.807) is 11.3 Å². The smallest absolute Gasteiger partial charge is 0.0991 e. The summed E-state index contributed by atoms with van der Waals surface area (Å²) >= 11 is 1.77. The first-order valence-electron chi connectivity index (χ1n) is 7.09. The molecule has 0 saturated carbocycles. The van der Waals surface area contributed by atoms with Crippen molar-refractivity contribution in [2.75, 3.05) is 0 Å². The van der Waals surface area contributed by atoms with E-state index >= 15 is 0 Å². The Hall–Kier alpha value is -1.70. The van der Waals surface area contributed by atoms with Crippen LogP contribution in [0.25, 0.3) is 0 Å².